The third-order valence-electron chi connectivity index (χ3n) is 7.78. The van der Waals surface area contributed by atoms with Gasteiger partial charge in [0.25, 0.3) is 0 Å². The molecular formula is C29H39ClN2O5. The van der Waals surface area contributed by atoms with Gasteiger partial charge in [-0.15, -0.1) is 0 Å². The Bertz CT molecular complexity index is 1070. The van der Waals surface area contributed by atoms with Crippen LogP contribution < -0.4 is 5.73 Å². The van der Waals surface area contributed by atoms with Crippen LogP contribution in [0.25, 0.3) is 11.1 Å². The molecule has 4 rings (SSSR count). The average Bonchev–Trinajstić information content (AvgIpc) is 3.23. The van der Waals surface area contributed by atoms with Crippen molar-refractivity contribution in [1.29, 1.82) is 0 Å². The molecule has 8 heteroatoms. The van der Waals surface area contributed by atoms with Gasteiger partial charge < -0.3 is 30.3 Å². The molecule has 0 aromatic heterocycles. The number of morpholine rings is 1. The molecule has 5 atom stereocenters. The monoisotopic (exact) mass is 530 g/mol. The van der Waals surface area contributed by atoms with Crippen LogP contribution in [0.15, 0.2) is 42.5 Å². The Hall–Kier alpha value is -2.00. The molecule has 202 valence electrons. The number of rotatable bonds is 9. The van der Waals surface area contributed by atoms with Gasteiger partial charge in [0.05, 0.1) is 19.3 Å². The zero-order valence-corrected chi connectivity index (χ0v) is 22.5. The number of benzene rings is 2. The summed E-state index contributed by atoms with van der Waals surface area (Å²) < 4.78 is 11.4. The number of aliphatic hydroxyl groups is 2. The predicted octanol–water partition coefficient (Wildman–Crippen LogP) is 3.65. The fourth-order valence-corrected chi connectivity index (χ4v) is 6.02. The number of amides is 1. The van der Waals surface area contributed by atoms with Gasteiger partial charge >= 0.3 is 0 Å². The van der Waals surface area contributed by atoms with Crippen molar-refractivity contribution in [3.8, 4) is 11.1 Å². The summed E-state index contributed by atoms with van der Waals surface area (Å²) in [6.45, 7) is 3.63. The molecule has 0 unspecified atom stereocenters. The maximum absolute atomic E-state index is 13.4. The molecule has 2 aromatic rings. The third kappa shape index (κ3) is 6.19. The number of ether oxygens (including phenoxy) is 2. The largest absolute Gasteiger partial charge is 0.391 e. The molecule has 0 radical (unpaired) electrons. The molecule has 1 amide bonds. The SMILES string of the molecule is COCCCC[C@](O)(c1cccc(Cl)c1-c1cccc(C)c1)[C@H]1CN(C(=O)[C@H]2C[C@@H](N)[C@@H](O)C2)CCO1. The molecule has 1 saturated carbocycles. The summed E-state index contributed by atoms with van der Waals surface area (Å²) in [5.41, 5.74) is 8.08. The van der Waals surface area contributed by atoms with Crippen molar-refractivity contribution in [1.82, 2.24) is 4.90 Å². The first-order chi connectivity index (χ1) is 17.7. The number of hydrogen-bond acceptors (Lipinski definition) is 6. The molecule has 2 aliphatic rings. The first-order valence-electron chi connectivity index (χ1n) is 13.2. The lowest BCUT2D eigenvalue weighted by Gasteiger charge is -2.44. The van der Waals surface area contributed by atoms with Crippen LogP contribution in [-0.2, 0) is 19.9 Å². The second kappa shape index (κ2) is 12.2. The fourth-order valence-electron chi connectivity index (χ4n) is 5.74. The Kier molecular flexibility index (Phi) is 9.27. The predicted molar refractivity (Wildman–Crippen MR) is 144 cm³/mol. The quantitative estimate of drug-likeness (QED) is 0.427. The van der Waals surface area contributed by atoms with Crippen molar-refractivity contribution in [3.63, 3.8) is 0 Å². The number of aryl methyl sites for hydroxylation is 1. The number of carbonyl (C=O) groups excluding carboxylic acids is 1. The highest BCUT2D eigenvalue weighted by molar-refractivity contribution is 6.33. The van der Waals surface area contributed by atoms with Gasteiger partial charge in [-0.25, -0.2) is 0 Å². The molecule has 1 aliphatic heterocycles. The van der Waals surface area contributed by atoms with E-state index in [1.165, 1.54) is 0 Å². The molecule has 7 nitrogen and oxygen atoms in total. The average molecular weight is 531 g/mol. The maximum Gasteiger partial charge on any atom is 0.226 e. The molecule has 4 N–H and O–H groups in total. The van der Waals surface area contributed by atoms with Gasteiger partial charge in [-0.05, 0) is 56.2 Å². The van der Waals surface area contributed by atoms with Crippen LogP contribution in [-0.4, -0.2) is 72.7 Å². The van der Waals surface area contributed by atoms with Crippen molar-refractivity contribution in [2.75, 3.05) is 33.4 Å². The van der Waals surface area contributed by atoms with Crippen LogP contribution in [0, 0.1) is 12.8 Å². The lowest BCUT2D eigenvalue weighted by molar-refractivity contribution is -0.167. The summed E-state index contributed by atoms with van der Waals surface area (Å²) in [5.74, 6) is -0.348. The Morgan fingerprint density at radius 1 is 1.24 bits per heavy atom. The van der Waals surface area contributed by atoms with Crippen molar-refractivity contribution in [2.45, 2.75) is 62.9 Å². The van der Waals surface area contributed by atoms with Gasteiger partial charge in [-0.3, -0.25) is 4.79 Å². The highest BCUT2D eigenvalue weighted by atomic mass is 35.5. The Morgan fingerprint density at radius 3 is 2.73 bits per heavy atom. The van der Waals surface area contributed by atoms with Crippen molar-refractivity contribution < 1.29 is 24.5 Å². The molecule has 1 heterocycles. The Balaban J connectivity index is 1.68. The molecule has 37 heavy (non-hydrogen) atoms. The standard InChI is InChI=1S/C29H39ClN2O5/c1-19-7-5-8-20(15-19)27-22(9-6-10-23(27)30)29(35,11-3-4-13-36-2)26-18-32(12-14-37-26)28(34)21-16-24(31)25(33)17-21/h5-10,15,21,24-26,33,35H,3-4,11-14,16-18,31H2,1-2H3/t21-,24+,25-,26+,29-/m0/s1. The lowest BCUT2D eigenvalue weighted by Crippen LogP contribution is -2.55. The highest BCUT2D eigenvalue weighted by Gasteiger charge is 2.45. The second-order valence-electron chi connectivity index (χ2n) is 10.4. The smallest absolute Gasteiger partial charge is 0.226 e. The molecule has 2 aromatic carbocycles. The normalized spacial score (nSPS) is 25.7. The maximum atomic E-state index is 13.4. The van der Waals surface area contributed by atoms with E-state index in [9.17, 15) is 15.0 Å². The number of aliphatic hydroxyl groups excluding tert-OH is 1. The summed E-state index contributed by atoms with van der Waals surface area (Å²) in [5, 5.41) is 23.1. The summed E-state index contributed by atoms with van der Waals surface area (Å²) in [6, 6.07) is 13.3. The number of carbonyl (C=O) groups is 1. The van der Waals surface area contributed by atoms with E-state index in [-0.39, 0.29) is 24.4 Å². The number of hydrogen-bond donors (Lipinski definition) is 3. The van der Waals surface area contributed by atoms with E-state index in [4.69, 9.17) is 26.8 Å². The van der Waals surface area contributed by atoms with Gasteiger partial charge in [-0.1, -0.05) is 53.6 Å². The molecule has 1 aliphatic carbocycles. The van der Waals surface area contributed by atoms with E-state index in [1.54, 1.807) is 12.0 Å². The number of unbranched alkanes of at least 4 members (excludes halogenated alkanes) is 1. The van der Waals surface area contributed by atoms with Crippen LogP contribution in [0.5, 0.6) is 0 Å². The van der Waals surface area contributed by atoms with Crippen LogP contribution >= 0.6 is 11.6 Å². The van der Waals surface area contributed by atoms with Crippen molar-refractivity contribution in [3.05, 3.63) is 58.6 Å². The fraction of sp³-hybridized carbons (Fsp3) is 0.552. The van der Waals surface area contributed by atoms with Gasteiger partial charge in [0.2, 0.25) is 5.91 Å². The first kappa shape index (κ1) is 28.0. The van der Waals surface area contributed by atoms with E-state index in [2.05, 4.69) is 6.07 Å². The molecule has 1 saturated heterocycles. The first-order valence-corrected chi connectivity index (χ1v) is 13.5. The number of methoxy groups -OCH3 is 1. The Morgan fingerprint density at radius 2 is 2.03 bits per heavy atom. The zero-order chi connectivity index (χ0) is 26.6. The third-order valence-corrected chi connectivity index (χ3v) is 8.10. The minimum absolute atomic E-state index is 0.0352. The molecule has 0 spiro atoms. The molecular weight excluding hydrogens is 492 g/mol. The van der Waals surface area contributed by atoms with Crippen LogP contribution in [0.4, 0.5) is 0 Å². The topological polar surface area (TPSA) is 105 Å². The van der Waals surface area contributed by atoms with Crippen LogP contribution in [0.2, 0.25) is 5.02 Å². The van der Waals surface area contributed by atoms with Crippen molar-refractivity contribution in [2.24, 2.45) is 11.7 Å². The lowest BCUT2D eigenvalue weighted by atomic mass is 9.78. The second-order valence-corrected chi connectivity index (χ2v) is 10.9. The summed E-state index contributed by atoms with van der Waals surface area (Å²) in [6.07, 6.45) is 1.45. The summed E-state index contributed by atoms with van der Waals surface area (Å²) in [7, 11) is 1.67. The van der Waals surface area contributed by atoms with E-state index < -0.39 is 17.8 Å². The van der Waals surface area contributed by atoms with Gasteiger partial charge in [0.1, 0.15) is 11.7 Å². The molecule has 2 fully saturated rings. The number of nitrogens with two attached hydrogens (primary N) is 1. The van der Waals surface area contributed by atoms with Gasteiger partial charge in [0.15, 0.2) is 0 Å². The number of halogens is 1. The minimum atomic E-state index is -1.39. The number of nitrogens with zero attached hydrogens (tertiary/aromatic N) is 1. The van der Waals surface area contributed by atoms with E-state index >= 15 is 0 Å². The molecule has 0 bridgehead atoms. The Labute approximate surface area is 224 Å². The van der Waals surface area contributed by atoms with E-state index in [0.29, 0.717) is 56.0 Å². The summed E-state index contributed by atoms with van der Waals surface area (Å²) >= 11 is 6.77. The summed E-state index contributed by atoms with van der Waals surface area (Å²) in [4.78, 5) is 15.1. The minimum Gasteiger partial charge on any atom is -0.391 e. The van der Waals surface area contributed by atoms with Gasteiger partial charge in [-0.2, -0.15) is 0 Å². The highest BCUT2D eigenvalue weighted by Crippen LogP contribution is 2.43. The van der Waals surface area contributed by atoms with Crippen LogP contribution in [0.1, 0.15) is 43.2 Å². The van der Waals surface area contributed by atoms with E-state index in [0.717, 1.165) is 23.1 Å². The van der Waals surface area contributed by atoms with E-state index in [1.807, 2.05) is 43.3 Å². The zero-order valence-electron chi connectivity index (χ0n) is 21.7. The van der Waals surface area contributed by atoms with Crippen molar-refractivity contribution >= 4 is 17.5 Å². The van der Waals surface area contributed by atoms with Gasteiger partial charge in [0, 0.05) is 42.8 Å². The van der Waals surface area contributed by atoms with Crippen LogP contribution in [0.3, 0.4) is 0 Å².